The minimum atomic E-state index is -0.729. The van der Waals surface area contributed by atoms with Gasteiger partial charge in [0, 0.05) is 31.5 Å². The standard InChI is InChI=1S/C25H24ClFN2O2/c1-18(30)29(17-20-11-13-22(27)14-12-20)24(15-19-7-3-2-4-8-19)25(31)28-16-21-9-5-6-10-23(21)26/h2-14,24H,15-17H2,1H3,(H,28,31)/t24-/m0/s1. The van der Waals surface area contributed by atoms with E-state index < -0.39 is 6.04 Å². The van der Waals surface area contributed by atoms with Crippen LogP contribution in [0.3, 0.4) is 0 Å². The molecule has 4 nitrogen and oxygen atoms in total. The summed E-state index contributed by atoms with van der Waals surface area (Å²) in [7, 11) is 0. The Morgan fingerprint density at radius 3 is 2.23 bits per heavy atom. The van der Waals surface area contributed by atoms with E-state index in [4.69, 9.17) is 11.6 Å². The van der Waals surface area contributed by atoms with Crippen molar-refractivity contribution >= 4 is 23.4 Å². The topological polar surface area (TPSA) is 49.4 Å². The normalized spacial score (nSPS) is 11.6. The Balaban J connectivity index is 1.83. The lowest BCUT2D eigenvalue weighted by Gasteiger charge is -2.30. The number of halogens is 2. The van der Waals surface area contributed by atoms with E-state index in [9.17, 15) is 14.0 Å². The molecule has 0 radical (unpaired) electrons. The Morgan fingerprint density at radius 1 is 0.935 bits per heavy atom. The van der Waals surface area contributed by atoms with Crippen molar-refractivity contribution in [1.29, 1.82) is 0 Å². The molecule has 0 spiro atoms. The molecular weight excluding hydrogens is 415 g/mol. The van der Waals surface area contributed by atoms with Gasteiger partial charge in [-0.15, -0.1) is 0 Å². The molecule has 1 N–H and O–H groups in total. The summed E-state index contributed by atoms with van der Waals surface area (Å²) in [5, 5.41) is 3.48. The maximum absolute atomic E-state index is 13.3. The highest BCUT2D eigenvalue weighted by molar-refractivity contribution is 6.31. The van der Waals surface area contributed by atoms with E-state index in [1.807, 2.05) is 48.5 Å². The van der Waals surface area contributed by atoms with Crippen molar-refractivity contribution in [3.05, 3.63) is 106 Å². The minimum Gasteiger partial charge on any atom is -0.350 e. The third-order valence-corrected chi connectivity index (χ3v) is 5.40. The zero-order chi connectivity index (χ0) is 22.2. The van der Waals surface area contributed by atoms with Gasteiger partial charge in [0.15, 0.2) is 0 Å². The average Bonchev–Trinajstić information content (AvgIpc) is 2.77. The van der Waals surface area contributed by atoms with Crippen molar-refractivity contribution in [2.45, 2.75) is 32.5 Å². The summed E-state index contributed by atoms with van der Waals surface area (Å²) < 4.78 is 13.3. The van der Waals surface area contributed by atoms with Crippen LogP contribution in [0.4, 0.5) is 4.39 Å². The van der Waals surface area contributed by atoms with Gasteiger partial charge >= 0.3 is 0 Å². The Hall–Kier alpha value is -3.18. The van der Waals surface area contributed by atoms with Gasteiger partial charge in [-0.3, -0.25) is 9.59 Å². The monoisotopic (exact) mass is 438 g/mol. The smallest absolute Gasteiger partial charge is 0.243 e. The number of hydrogen-bond donors (Lipinski definition) is 1. The maximum atomic E-state index is 13.3. The molecule has 160 valence electrons. The predicted octanol–water partition coefficient (Wildman–Crippen LogP) is 4.76. The molecule has 2 amide bonds. The number of nitrogens with one attached hydrogen (secondary N) is 1. The first-order chi connectivity index (χ1) is 14.9. The van der Waals surface area contributed by atoms with E-state index in [1.54, 1.807) is 18.2 Å². The molecule has 3 aromatic rings. The molecule has 0 saturated heterocycles. The lowest BCUT2D eigenvalue weighted by Crippen LogP contribution is -2.49. The van der Waals surface area contributed by atoms with Gasteiger partial charge in [0.25, 0.3) is 0 Å². The van der Waals surface area contributed by atoms with Crippen LogP contribution in [0.5, 0.6) is 0 Å². The lowest BCUT2D eigenvalue weighted by molar-refractivity contribution is -0.139. The van der Waals surface area contributed by atoms with Crippen LogP contribution in [0.1, 0.15) is 23.6 Å². The first-order valence-electron chi connectivity index (χ1n) is 10.0. The minimum absolute atomic E-state index is 0.201. The second kappa shape index (κ2) is 10.7. The molecule has 0 aliphatic rings. The molecular formula is C25H24ClFN2O2. The van der Waals surface area contributed by atoms with Crippen LogP contribution in [0.2, 0.25) is 5.02 Å². The molecule has 3 rings (SSSR count). The number of amides is 2. The summed E-state index contributed by atoms with van der Waals surface area (Å²) >= 11 is 6.20. The van der Waals surface area contributed by atoms with Gasteiger partial charge in [-0.1, -0.05) is 72.3 Å². The molecule has 1 atom stereocenters. The number of carbonyl (C=O) groups is 2. The first kappa shape index (κ1) is 22.5. The van der Waals surface area contributed by atoms with Crippen molar-refractivity contribution in [2.24, 2.45) is 0 Å². The largest absolute Gasteiger partial charge is 0.350 e. The number of nitrogens with zero attached hydrogens (tertiary/aromatic N) is 1. The molecule has 0 saturated carbocycles. The Bertz CT molecular complexity index is 1030. The Kier molecular flexibility index (Phi) is 7.79. The van der Waals surface area contributed by atoms with Crippen LogP contribution in [0.25, 0.3) is 0 Å². The highest BCUT2D eigenvalue weighted by Gasteiger charge is 2.28. The molecule has 0 aromatic heterocycles. The summed E-state index contributed by atoms with van der Waals surface area (Å²) in [5.74, 6) is -0.865. The second-order valence-corrected chi connectivity index (χ2v) is 7.70. The summed E-state index contributed by atoms with van der Waals surface area (Å²) in [4.78, 5) is 27.3. The molecule has 3 aromatic carbocycles. The third kappa shape index (κ3) is 6.40. The van der Waals surface area contributed by atoms with Crippen LogP contribution >= 0.6 is 11.6 Å². The molecule has 0 bridgehead atoms. The van der Waals surface area contributed by atoms with E-state index in [0.29, 0.717) is 11.4 Å². The first-order valence-corrected chi connectivity index (χ1v) is 10.4. The highest BCUT2D eigenvalue weighted by Crippen LogP contribution is 2.17. The fourth-order valence-electron chi connectivity index (χ4n) is 3.35. The molecule has 6 heteroatoms. The van der Waals surface area contributed by atoms with E-state index in [0.717, 1.165) is 16.7 Å². The van der Waals surface area contributed by atoms with Crippen LogP contribution in [0.15, 0.2) is 78.9 Å². The van der Waals surface area contributed by atoms with Crippen LogP contribution in [-0.2, 0) is 29.1 Å². The number of hydrogen-bond acceptors (Lipinski definition) is 2. The lowest BCUT2D eigenvalue weighted by atomic mass is 10.0. The SMILES string of the molecule is CC(=O)N(Cc1ccc(F)cc1)[C@@H](Cc1ccccc1)C(=O)NCc1ccccc1Cl. The van der Waals surface area contributed by atoms with Crippen molar-refractivity contribution in [2.75, 3.05) is 0 Å². The molecule has 0 fully saturated rings. The second-order valence-electron chi connectivity index (χ2n) is 7.29. The molecule has 0 aliphatic heterocycles. The van der Waals surface area contributed by atoms with Crippen molar-refractivity contribution < 1.29 is 14.0 Å². The van der Waals surface area contributed by atoms with Gasteiger partial charge in [0.1, 0.15) is 11.9 Å². The predicted molar refractivity (Wildman–Crippen MR) is 120 cm³/mol. The van der Waals surface area contributed by atoms with E-state index in [-0.39, 0.29) is 30.7 Å². The van der Waals surface area contributed by atoms with Crippen LogP contribution in [-0.4, -0.2) is 22.8 Å². The van der Waals surface area contributed by atoms with Gasteiger partial charge in [-0.2, -0.15) is 0 Å². The average molecular weight is 439 g/mol. The summed E-state index contributed by atoms with van der Waals surface area (Å²) in [6.45, 7) is 1.89. The summed E-state index contributed by atoms with van der Waals surface area (Å²) in [5.41, 5.74) is 2.48. The third-order valence-electron chi connectivity index (χ3n) is 5.03. The van der Waals surface area contributed by atoms with E-state index in [1.165, 1.54) is 24.0 Å². The Morgan fingerprint density at radius 2 is 1.58 bits per heavy atom. The highest BCUT2D eigenvalue weighted by atomic mass is 35.5. The van der Waals surface area contributed by atoms with Gasteiger partial charge in [-0.25, -0.2) is 4.39 Å². The maximum Gasteiger partial charge on any atom is 0.243 e. The van der Waals surface area contributed by atoms with Crippen molar-refractivity contribution in [1.82, 2.24) is 10.2 Å². The van der Waals surface area contributed by atoms with Crippen LogP contribution in [0, 0.1) is 5.82 Å². The number of benzene rings is 3. The van der Waals surface area contributed by atoms with Crippen molar-refractivity contribution in [3.63, 3.8) is 0 Å². The fourth-order valence-corrected chi connectivity index (χ4v) is 3.55. The zero-order valence-corrected chi connectivity index (χ0v) is 18.0. The molecule has 0 aliphatic carbocycles. The molecule has 31 heavy (non-hydrogen) atoms. The van der Waals surface area contributed by atoms with Crippen molar-refractivity contribution in [3.8, 4) is 0 Å². The fraction of sp³-hybridized carbons (Fsp3) is 0.200. The zero-order valence-electron chi connectivity index (χ0n) is 17.2. The van der Waals surface area contributed by atoms with Gasteiger partial charge in [-0.05, 0) is 34.9 Å². The number of rotatable bonds is 8. The van der Waals surface area contributed by atoms with Gasteiger partial charge in [0.05, 0.1) is 0 Å². The van der Waals surface area contributed by atoms with Gasteiger partial charge < -0.3 is 10.2 Å². The molecule has 0 heterocycles. The van der Waals surface area contributed by atoms with Gasteiger partial charge in [0.2, 0.25) is 11.8 Å². The summed E-state index contributed by atoms with van der Waals surface area (Å²) in [6, 6.07) is 22.0. The van der Waals surface area contributed by atoms with E-state index in [2.05, 4.69) is 5.32 Å². The number of carbonyl (C=O) groups excluding carboxylic acids is 2. The van der Waals surface area contributed by atoms with Crippen LogP contribution < -0.4 is 5.32 Å². The quantitative estimate of drug-likeness (QED) is 0.551. The molecule has 0 unspecified atom stereocenters. The Labute approximate surface area is 186 Å². The summed E-state index contributed by atoms with van der Waals surface area (Å²) in [6.07, 6.45) is 0.357. The van der Waals surface area contributed by atoms with E-state index >= 15 is 0 Å².